The van der Waals surface area contributed by atoms with Crippen molar-refractivity contribution < 1.29 is 4.79 Å². The number of aromatic amines is 1. The van der Waals surface area contributed by atoms with E-state index >= 15 is 0 Å². The van der Waals surface area contributed by atoms with Crippen LogP contribution < -0.4 is 0 Å². The lowest BCUT2D eigenvalue weighted by atomic mass is 10.0. The number of thioether (sulfide) groups is 1. The molecular weight excluding hydrogens is 368 g/mol. The van der Waals surface area contributed by atoms with E-state index in [1.807, 2.05) is 67.5 Å². The lowest BCUT2D eigenvalue weighted by Crippen LogP contribution is -2.30. The van der Waals surface area contributed by atoms with Crippen LogP contribution in [0.1, 0.15) is 41.0 Å². The highest BCUT2D eigenvalue weighted by Gasteiger charge is 2.34. The van der Waals surface area contributed by atoms with Crippen LogP contribution >= 0.6 is 11.8 Å². The van der Waals surface area contributed by atoms with Crippen molar-refractivity contribution in [1.29, 1.82) is 0 Å². The number of amidine groups is 1. The van der Waals surface area contributed by atoms with Crippen molar-refractivity contribution in [3.8, 4) is 0 Å². The Morgan fingerprint density at radius 3 is 2.89 bits per heavy atom. The van der Waals surface area contributed by atoms with Crippen molar-refractivity contribution >= 4 is 45.5 Å². The second-order valence-corrected chi connectivity index (χ2v) is 8.45. The van der Waals surface area contributed by atoms with Gasteiger partial charge in [-0.2, -0.15) is 5.10 Å². The van der Waals surface area contributed by atoms with Crippen LogP contribution in [0, 0.1) is 6.92 Å². The molecule has 0 aliphatic carbocycles. The van der Waals surface area contributed by atoms with Crippen LogP contribution in [-0.4, -0.2) is 32.4 Å². The third kappa shape index (κ3) is 2.67. The second-order valence-electron chi connectivity index (χ2n) is 7.14. The molecule has 140 valence electrons. The molecule has 5 rings (SSSR count). The third-order valence-corrected chi connectivity index (χ3v) is 6.39. The summed E-state index contributed by atoms with van der Waals surface area (Å²) in [5.41, 5.74) is 4.84. The minimum atomic E-state index is -0.265. The molecule has 0 saturated carbocycles. The van der Waals surface area contributed by atoms with Crippen molar-refractivity contribution in [3.63, 3.8) is 0 Å². The zero-order valence-corrected chi connectivity index (χ0v) is 16.5. The molecule has 2 aromatic carbocycles. The Morgan fingerprint density at radius 1 is 1.21 bits per heavy atom. The minimum Gasteiger partial charge on any atom is -0.358 e. The normalized spacial score (nSPS) is 18.7. The van der Waals surface area contributed by atoms with Gasteiger partial charge in [-0.25, -0.2) is 10.0 Å². The van der Waals surface area contributed by atoms with E-state index in [0.717, 1.165) is 39.4 Å². The number of Topliss-reactive ketones (excluding diaryl/α,β-unsaturated/α-hetero) is 1. The number of hydrogen-bond donors (Lipinski definition) is 1. The fourth-order valence-corrected chi connectivity index (χ4v) is 4.95. The van der Waals surface area contributed by atoms with Crippen molar-refractivity contribution in [2.75, 3.05) is 0 Å². The molecule has 1 aromatic heterocycles. The van der Waals surface area contributed by atoms with Crippen LogP contribution in [0.5, 0.6) is 0 Å². The molecular formula is C22H20N4OS. The number of hydrazone groups is 1. The van der Waals surface area contributed by atoms with Crippen molar-refractivity contribution in [2.24, 2.45) is 10.1 Å². The number of aryl methyl sites for hydroxylation is 1. The summed E-state index contributed by atoms with van der Waals surface area (Å²) in [7, 11) is 0. The summed E-state index contributed by atoms with van der Waals surface area (Å²) in [5.74, 6) is 0.112. The van der Waals surface area contributed by atoms with E-state index in [9.17, 15) is 4.79 Å². The van der Waals surface area contributed by atoms with Gasteiger partial charge in [0.05, 0.1) is 17.0 Å². The zero-order chi connectivity index (χ0) is 19.3. The lowest BCUT2D eigenvalue weighted by molar-refractivity contribution is 0.0995. The Bertz CT molecular complexity index is 1150. The molecule has 5 nitrogen and oxygen atoms in total. The Labute approximate surface area is 167 Å². The topological polar surface area (TPSA) is 60.8 Å². The Balaban J connectivity index is 1.47. The van der Waals surface area contributed by atoms with Gasteiger partial charge < -0.3 is 4.98 Å². The van der Waals surface area contributed by atoms with Gasteiger partial charge in [0, 0.05) is 40.4 Å². The largest absolute Gasteiger partial charge is 0.358 e. The molecule has 1 N–H and O–H groups in total. The Hall–Kier alpha value is -2.86. The number of carbonyl (C=O) groups is 1. The minimum absolute atomic E-state index is 0.112. The molecule has 3 heterocycles. The summed E-state index contributed by atoms with van der Waals surface area (Å²) in [6.45, 7) is 3.91. The number of fused-ring (bicyclic) bond motifs is 4. The number of para-hydroxylation sites is 2. The summed E-state index contributed by atoms with van der Waals surface area (Å²) >= 11 is 1.48. The van der Waals surface area contributed by atoms with Crippen LogP contribution in [0.2, 0.25) is 0 Å². The molecule has 0 unspecified atom stereocenters. The van der Waals surface area contributed by atoms with Gasteiger partial charge in [-0.15, -0.1) is 0 Å². The van der Waals surface area contributed by atoms with E-state index in [-0.39, 0.29) is 17.1 Å². The first-order valence-corrected chi connectivity index (χ1v) is 10.3. The molecule has 2 aliphatic heterocycles. The van der Waals surface area contributed by atoms with E-state index in [1.165, 1.54) is 17.3 Å². The van der Waals surface area contributed by atoms with Gasteiger partial charge >= 0.3 is 0 Å². The molecule has 0 spiro atoms. The molecule has 0 radical (unpaired) electrons. The maximum absolute atomic E-state index is 13.3. The number of nitrogens with zero attached hydrogens (tertiary/aromatic N) is 3. The van der Waals surface area contributed by atoms with E-state index in [2.05, 4.69) is 16.2 Å². The quantitative estimate of drug-likeness (QED) is 0.626. The van der Waals surface area contributed by atoms with Crippen LogP contribution in [0.25, 0.3) is 10.9 Å². The molecule has 0 fully saturated rings. The predicted molar refractivity (Wildman–Crippen MR) is 116 cm³/mol. The fraction of sp³-hybridized carbons (Fsp3) is 0.227. The number of rotatable bonds is 3. The molecule has 6 heteroatoms. The maximum atomic E-state index is 13.3. The maximum Gasteiger partial charge on any atom is 0.186 e. The number of hydrogen-bond acceptors (Lipinski definition) is 5. The van der Waals surface area contributed by atoms with Gasteiger partial charge in [0.25, 0.3) is 0 Å². The predicted octanol–water partition coefficient (Wildman–Crippen LogP) is 5.21. The SMILES string of the molecule is Cc1[nH]c2ccccc2c1C(=O)[C@@H](C)SC1=Nc2ccccc2[C@H]2CC=NN12. The van der Waals surface area contributed by atoms with Gasteiger partial charge in [0.2, 0.25) is 0 Å². The summed E-state index contributed by atoms with van der Waals surface area (Å²) in [6, 6.07) is 16.3. The molecule has 0 amide bonds. The highest BCUT2D eigenvalue weighted by molar-refractivity contribution is 8.14. The number of aromatic nitrogens is 1. The zero-order valence-electron chi connectivity index (χ0n) is 15.7. The molecule has 0 bridgehead atoms. The fourth-order valence-electron chi connectivity index (χ4n) is 3.97. The summed E-state index contributed by atoms with van der Waals surface area (Å²) in [4.78, 5) is 21.4. The summed E-state index contributed by atoms with van der Waals surface area (Å²) < 4.78 is 0. The molecule has 2 atom stereocenters. The number of aliphatic imine (C=N–C) groups is 1. The van der Waals surface area contributed by atoms with Gasteiger partial charge in [0.1, 0.15) is 0 Å². The van der Waals surface area contributed by atoms with Gasteiger partial charge in [0.15, 0.2) is 11.0 Å². The van der Waals surface area contributed by atoms with Crippen LogP contribution in [0.15, 0.2) is 58.6 Å². The van der Waals surface area contributed by atoms with E-state index in [4.69, 9.17) is 4.99 Å². The first kappa shape index (κ1) is 17.3. The third-order valence-electron chi connectivity index (χ3n) is 5.33. The van der Waals surface area contributed by atoms with Gasteiger partial charge in [-0.05, 0) is 26.0 Å². The van der Waals surface area contributed by atoms with Crippen LogP contribution in [-0.2, 0) is 0 Å². The lowest BCUT2D eigenvalue weighted by Gasteiger charge is -2.30. The second kappa shape index (κ2) is 6.63. The highest BCUT2D eigenvalue weighted by atomic mass is 32.2. The van der Waals surface area contributed by atoms with Crippen LogP contribution in [0.4, 0.5) is 5.69 Å². The first-order valence-electron chi connectivity index (χ1n) is 9.41. The monoisotopic (exact) mass is 388 g/mol. The highest BCUT2D eigenvalue weighted by Crippen LogP contribution is 2.42. The molecule has 3 aromatic rings. The first-order chi connectivity index (χ1) is 13.6. The standard InChI is InChI=1S/C22H20N4OS/c1-13-20(16-8-4-6-10-18(16)24-13)21(27)14(2)28-22-25-17-9-5-3-7-15(17)19-11-12-23-26(19)22/h3-10,12,14,19,24H,11H2,1-2H3/t14-,19-/m1/s1. The van der Waals surface area contributed by atoms with Gasteiger partial charge in [-0.1, -0.05) is 48.2 Å². The van der Waals surface area contributed by atoms with Crippen molar-refractivity contribution in [1.82, 2.24) is 9.99 Å². The smallest absolute Gasteiger partial charge is 0.186 e. The molecule has 2 aliphatic rings. The van der Waals surface area contributed by atoms with Crippen molar-refractivity contribution in [3.05, 3.63) is 65.4 Å². The van der Waals surface area contributed by atoms with E-state index < -0.39 is 0 Å². The number of ketones is 1. The number of nitrogens with one attached hydrogen (secondary N) is 1. The van der Waals surface area contributed by atoms with Crippen LogP contribution in [0.3, 0.4) is 0 Å². The average Bonchev–Trinajstić information content (AvgIpc) is 3.31. The molecule has 28 heavy (non-hydrogen) atoms. The summed E-state index contributed by atoms with van der Waals surface area (Å²) in [6.07, 6.45) is 2.79. The Kier molecular flexibility index (Phi) is 4.09. The van der Waals surface area contributed by atoms with Crippen molar-refractivity contribution in [2.45, 2.75) is 31.6 Å². The number of carbonyl (C=O) groups excluding carboxylic acids is 1. The Morgan fingerprint density at radius 2 is 2.00 bits per heavy atom. The summed E-state index contributed by atoms with van der Waals surface area (Å²) in [5, 5.41) is 7.98. The average molecular weight is 388 g/mol. The number of H-pyrrole nitrogens is 1. The van der Waals surface area contributed by atoms with Gasteiger partial charge in [-0.3, -0.25) is 4.79 Å². The van der Waals surface area contributed by atoms with E-state index in [1.54, 1.807) is 0 Å². The molecule has 0 saturated heterocycles. The number of benzene rings is 2. The van der Waals surface area contributed by atoms with E-state index in [0.29, 0.717) is 0 Å².